The summed E-state index contributed by atoms with van der Waals surface area (Å²) in [4.78, 5) is 0. The zero-order valence-corrected chi connectivity index (χ0v) is 10.5. The number of methoxy groups -OCH3 is 1. The minimum Gasteiger partial charge on any atom is -0.376 e. The number of ether oxygens (including phenoxy) is 4. The van der Waals surface area contributed by atoms with Crippen LogP contribution in [-0.2, 0) is 18.9 Å². The number of hydrogen-bond donors (Lipinski definition) is 0. The van der Waals surface area contributed by atoms with E-state index in [1.165, 1.54) is 25.7 Å². The molecule has 3 fully saturated rings. The summed E-state index contributed by atoms with van der Waals surface area (Å²) in [7, 11) is 1.71. The largest absolute Gasteiger partial charge is 0.376 e. The first-order valence-corrected chi connectivity index (χ1v) is 6.78. The third-order valence-electron chi connectivity index (χ3n) is 4.24. The van der Waals surface area contributed by atoms with Crippen LogP contribution in [0.25, 0.3) is 0 Å². The van der Waals surface area contributed by atoms with Crippen LogP contribution < -0.4 is 0 Å². The Labute approximate surface area is 103 Å². The van der Waals surface area contributed by atoms with Gasteiger partial charge in [0.2, 0.25) is 0 Å². The zero-order valence-electron chi connectivity index (χ0n) is 10.5. The van der Waals surface area contributed by atoms with Gasteiger partial charge >= 0.3 is 0 Å². The fraction of sp³-hybridized carbons (Fsp3) is 1.00. The highest BCUT2D eigenvalue weighted by Crippen LogP contribution is 2.32. The second-order valence-electron chi connectivity index (χ2n) is 5.41. The Kier molecular flexibility index (Phi) is 3.66. The lowest BCUT2D eigenvalue weighted by atomic mass is 10.0. The minimum absolute atomic E-state index is 0.0299. The highest BCUT2D eigenvalue weighted by atomic mass is 16.7. The topological polar surface area (TPSA) is 36.9 Å². The molecule has 0 aromatic heterocycles. The van der Waals surface area contributed by atoms with E-state index in [4.69, 9.17) is 18.9 Å². The third kappa shape index (κ3) is 2.50. The average Bonchev–Trinajstić information content (AvgIpc) is 2.99. The monoisotopic (exact) mass is 242 g/mol. The Balaban J connectivity index is 1.51. The quantitative estimate of drug-likeness (QED) is 0.752. The summed E-state index contributed by atoms with van der Waals surface area (Å²) in [6, 6.07) is 0. The lowest BCUT2D eigenvalue weighted by molar-refractivity contribution is -0.200. The van der Waals surface area contributed by atoms with Gasteiger partial charge in [0.1, 0.15) is 12.2 Å². The minimum atomic E-state index is -0.170. The van der Waals surface area contributed by atoms with Crippen molar-refractivity contribution >= 4 is 0 Å². The Morgan fingerprint density at radius 2 is 2.00 bits per heavy atom. The van der Waals surface area contributed by atoms with Gasteiger partial charge in [-0.2, -0.15) is 0 Å². The molecule has 98 valence electrons. The maximum Gasteiger partial charge on any atom is 0.184 e. The van der Waals surface area contributed by atoms with Crippen molar-refractivity contribution in [1.82, 2.24) is 0 Å². The molecule has 1 saturated carbocycles. The maximum atomic E-state index is 6.04. The van der Waals surface area contributed by atoms with E-state index in [0.717, 1.165) is 18.9 Å². The summed E-state index contributed by atoms with van der Waals surface area (Å²) < 4.78 is 22.7. The van der Waals surface area contributed by atoms with Crippen molar-refractivity contribution in [2.45, 2.75) is 56.7 Å². The fourth-order valence-electron chi connectivity index (χ4n) is 3.14. The second kappa shape index (κ2) is 5.22. The van der Waals surface area contributed by atoms with Gasteiger partial charge in [0.05, 0.1) is 12.7 Å². The lowest BCUT2D eigenvalue weighted by Crippen LogP contribution is -2.44. The molecule has 0 aromatic rings. The van der Waals surface area contributed by atoms with Crippen LogP contribution in [0.15, 0.2) is 0 Å². The van der Waals surface area contributed by atoms with E-state index in [1.54, 1.807) is 7.11 Å². The van der Waals surface area contributed by atoms with Crippen LogP contribution in [0.2, 0.25) is 0 Å². The predicted octanol–water partition coefficient (Wildman–Crippen LogP) is 1.72. The summed E-state index contributed by atoms with van der Waals surface area (Å²) in [5.41, 5.74) is 0. The normalized spacial score (nSPS) is 42.2. The molecule has 3 rings (SSSR count). The van der Waals surface area contributed by atoms with E-state index in [1.807, 2.05) is 0 Å². The molecule has 2 aliphatic heterocycles. The van der Waals surface area contributed by atoms with Crippen molar-refractivity contribution in [3.63, 3.8) is 0 Å². The van der Waals surface area contributed by atoms with Gasteiger partial charge in [0.25, 0.3) is 0 Å². The summed E-state index contributed by atoms with van der Waals surface area (Å²) in [6.45, 7) is 1.53. The van der Waals surface area contributed by atoms with Gasteiger partial charge in [-0.05, 0) is 18.8 Å². The highest BCUT2D eigenvalue weighted by molar-refractivity contribution is 4.87. The zero-order chi connectivity index (χ0) is 11.7. The van der Waals surface area contributed by atoms with E-state index < -0.39 is 0 Å². The molecule has 0 N–H and O–H groups in total. The first kappa shape index (κ1) is 11.9. The molecule has 3 aliphatic rings. The lowest BCUT2D eigenvalue weighted by Gasteiger charge is -2.33. The van der Waals surface area contributed by atoms with Crippen LogP contribution in [0.5, 0.6) is 0 Å². The Hall–Kier alpha value is -0.160. The molecule has 0 spiro atoms. The fourth-order valence-corrected chi connectivity index (χ4v) is 3.14. The van der Waals surface area contributed by atoms with Gasteiger partial charge in [0.15, 0.2) is 6.29 Å². The van der Waals surface area contributed by atoms with Crippen molar-refractivity contribution in [1.29, 1.82) is 0 Å². The van der Waals surface area contributed by atoms with Gasteiger partial charge in [-0.25, -0.2) is 0 Å². The summed E-state index contributed by atoms with van der Waals surface area (Å²) in [6.07, 6.45) is 6.41. The summed E-state index contributed by atoms with van der Waals surface area (Å²) >= 11 is 0. The SMILES string of the molecule is CO[C@@H]1C[C@H](OCC2CCCC2)[C@H]2CO[C@@H]1O2. The first-order valence-electron chi connectivity index (χ1n) is 6.78. The molecule has 4 heteroatoms. The van der Waals surface area contributed by atoms with Crippen LogP contribution in [0, 0.1) is 5.92 Å². The Morgan fingerprint density at radius 3 is 2.76 bits per heavy atom. The van der Waals surface area contributed by atoms with E-state index in [9.17, 15) is 0 Å². The molecule has 2 saturated heterocycles. The van der Waals surface area contributed by atoms with Gasteiger partial charge in [-0.3, -0.25) is 0 Å². The molecule has 0 radical (unpaired) electrons. The molecule has 0 amide bonds. The molecule has 4 nitrogen and oxygen atoms in total. The first-order chi connectivity index (χ1) is 8.36. The number of fused-ring (bicyclic) bond motifs is 2. The van der Waals surface area contributed by atoms with E-state index in [2.05, 4.69) is 0 Å². The van der Waals surface area contributed by atoms with Gasteiger partial charge < -0.3 is 18.9 Å². The molecule has 4 atom stereocenters. The summed E-state index contributed by atoms with van der Waals surface area (Å²) in [5.74, 6) is 0.760. The molecule has 2 heterocycles. The van der Waals surface area contributed by atoms with Crippen LogP contribution in [0.3, 0.4) is 0 Å². The van der Waals surface area contributed by atoms with Crippen LogP contribution >= 0.6 is 0 Å². The van der Waals surface area contributed by atoms with E-state index in [-0.39, 0.29) is 24.6 Å². The molecule has 1 aliphatic carbocycles. The highest BCUT2D eigenvalue weighted by Gasteiger charge is 2.44. The Morgan fingerprint density at radius 1 is 1.18 bits per heavy atom. The van der Waals surface area contributed by atoms with Crippen LogP contribution in [0.4, 0.5) is 0 Å². The average molecular weight is 242 g/mol. The van der Waals surface area contributed by atoms with Gasteiger partial charge in [0, 0.05) is 20.1 Å². The van der Waals surface area contributed by atoms with Crippen molar-refractivity contribution in [3.8, 4) is 0 Å². The third-order valence-corrected chi connectivity index (χ3v) is 4.24. The molecule has 2 bridgehead atoms. The van der Waals surface area contributed by atoms with E-state index in [0.29, 0.717) is 6.61 Å². The standard InChI is InChI=1S/C13H22O4/c1-14-11-6-10(12-8-16-13(11)17-12)15-7-9-4-2-3-5-9/h9-13H,2-8H2,1H3/t10-,11+,12+,13+/m0/s1. The van der Waals surface area contributed by atoms with Gasteiger partial charge in [-0.15, -0.1) is 0 Å². The Bertz CT molecular complexity index is 252. The second-order valence-corrected chi connectivity index (χ2v) is 5.41. The number of rotatable bonds is 4. The van der Waals surface area contributed by atoms with Crippen LogP contribution in [0.1, 0.15) is 32.1 Å². The van der Waals surface area contributed by atoms with E-state index >= 15 is 0 Å². The number of hydrogen-bond acceptors (Lipinski definition) is 4. The van der Waals surface area contributed by atoms with Crippen molar-refractivity contribution < 1.29 is 18.9 Å². The van der Waals surface area contributed by atoms with Crippen molar-refractivity contribution in [2.24, 2.45) is 5.92 Å². The summed E-state index contributed by atoms with van der Waals surface area (Å²) in [5, 5.41) is 0. The molecular weight excluding hydrogens is 220 g/mol. The van der Waals surface area contributed by atoms with Gasteiger partial charge in [-0.1, -0.05) is 12.8 Å². The van der Waals surface area contributed by atoms with Crippen molar-refractivity contribution in [3.05, 3.63) is 0 Å². The molecular formula is C13H22O4. The van der Waals surface area contributed by atoms with Crippen LogP contribution in [-0.4, -0.2) is 44.9 Å². The molecule has 0 unspecified atom stereocenters. The smallest absolute Gasteiger partial charge is 0.184 e. The van der Waals surface area contributed by atoms with Crippen molar-refractivity contribution in [2.75, 3.05) is 20.3 Å². The maximum absolute atomic E-state index is 6.04. The molecule has 17 heavy (non-hydrogen) atoms. The predicted molar refractivity (Wildman–Crippen MR) is 61.7 cm³/mol. The molecule has 0 aromatic carbocycles.